The number of ether oxygens (including phenoxy) is 1. The van der Waals surface area contributed by atoms with Crippen LogP contribution in [0.4, 0.5) is 0 Å². The number of hydrogen-bond acceptors (Lipinski definition) is 5. The van der Waals surface area contributed by atoms with Crippen LogP contribution in [-0.2, 0) is 6.42 Å². The third-order valence-electron chi connectivity index (χ3n) is 5.91. The minimum atomic E-state index is 0.224. The molecule has 6 nitrogen and oxygen atoms in total. The minimum Gasteiger partial charge on any atom is -0.492 e. The molecule has 0 saturated heterocycles. The van der Waals surface area contributed by atoms with E-state index >= 15 is 0 Å². The molecule has 166 valence electrons. The normalized spacial score (nSPS) is 12.9. The van der Waals surface area contributed by atoms with Crippen LogP contribution >= 0.6 is 0 Å². The Morgan fingerprint density at radius 2 is 1.70 bits per heavy atom. The molecule has 1 aliphatic rings. The number of carbonyl (C=O) groups is 1. The zero-order valence-electron chi connectivity index (χ0n) is 18.8. The van der Waals surface area contributed by atoms with Gasteiger partial charge in [0.1, 0.15) is 18.2 Å². The van der Waals surface area contributed by atoms with E-state index < -0.39 is 0 Å². The molecule has 4 aromatic rings. The Hall–Kier alpha value is -3.77. The van der Waals surface area contributed by atoms with Gasteiger partial charge in [-0.2, -0.15) is 0 Å². The molecule has 0 bridgehead atoms. The van der Waals surface area contributed by atoms with Crippen molar-refractivity contribution >= 4 is 5.78 Å². The second-order valence-electron chi connectivity index (χ2n) is 8.52. The lowest BCUT2D eigenvalue weighted by Crippen LogP contribution is -2.19. The smallest absolute Gasteiger partial charge is 0.163 e. The highest BCUT2D eigenvalue weighted by molar-refractivity contribution is 6.01. The molecular weight excluding hydrogens is 412 g/mol. The molecule has 2 aromatic carbocycles. The molecule has 0 saturated carbocycles. The standard InChI is InChI=1S/C27H26N4O2/c1-31(2)15-16-33-22-7-3-19(4-8-22)27-29-25(18-11-13-28-14-12-18)26(30-27)21-5-9-23-20(17-21)6-10-24(23)32/h3-5,7-9,11-14,17H,6,10,15-16H2,1-2H3,(H,29,30). The third-order valence-corrected chi connectivity index (χ3v) is 5.91. The second-order valence-corrected chi connectivity index (χ2v) is 8.52. The van der Waals surface area contributed by atoms with Crippen molar-refractivity contribution in [2.45, 2.75) is 12.8 Å². The van der Waals surface area contributed by atoms with Crippen LogP contribution < -0.4 is 4.74 Å². The van der Waals surface area contributed by atoms with E-state index in [1.54, 1.807) is 12.4 Å². The third kappa shape index (κ3) is 4.43. The fraction of sp³-hybridized carbons (Fsp3) is 0.222. The van der Waals surface area contributed by atoms with Gasteiger partial charge < -0.3 is 14.6 Å². The highest BCUT2D eigenvalue weighted by atomic mass is 16.5. The first-order valence-corrected chi connectivity index (χ1v) is 11.1. The highest BCUT2D eigenvalue weighted by Crippen LogP contribution is 2.35. The van der Waals surface area contributed by atoms with Gasteiger partial charge in [0.05, 0.1) is 11.4 Å². The van der Waals surface area contributed by atoms with E-state index in [1.165, 1.54) is 0 Å². The summed E-state index contributed by atoms with van der Waals surface area (Å²) in [6.45, 7) is 1.51. The largest absolute Gasteiger partial charge is 0.492 e. The predicted molar refractivity (Wildman–Crippen MR) is 129 cm³/mol. The predicted octanol–water partition coefficient (Wildman–Crippen LogP) is 4.88. The van der Waals surface area contributed by atoms with Crippen molar-refractivity contribution in [3.63, 3.8) is 0 Å². The van der Waals surface area contributed by atoms with E-state index in [1.807, 2.05) is 62.6 Å². The molecule has 0 radical (unpaired) electrons. The Morgan fingerprint density at radius 3 is 2.45 bits per heavy atom. The Balaban J connectivity index is 1.50. The lowest BCUT2D eigenvalue weighted by molar-refractivity contribution is 0.0994. The number of rotatable bonds is 7. The van der Waals surface area contributed by atoms with E-state index in [-0.39, 0.29) is 5.78 Å². The van der Waals surface area contributed by atoms with Crippen LogP contribution in [0.15, 0.2) is 67.0 Å². The maximum Gasteiger partial charge on any atom is 0.163 e. The summed E-state index contributed by atoms with van der Waals surface area (Å²) in [5, 5.41) is 0. The molecule has 2 heterocycles. The summed E-state index contributed by atoms with van der Waals surface area (Å²) < 4.78 is 5.82. The Kier molecular flexibility index (Phi) is 5.75. The van der Waals surface area contributed by atoms with Crippen molar-refractivity contribution in [3.05, 3.63) is 78.1 Å². The number of H-pyrrole nitrogens is 1. The van der Waals surface area contributed by atoms with Crippen molar-refractivity contribution in [2.75, 3.05) is 27.2 Å². The maximum absolute atomic E-state index is 12.1. The molecule has 0 amide bonds. The SMILES string of the molecule is CN(C)CCOc1ccc(-c2nc(-c3ccc4c(c3)CCC4=O)c(-c3ccncc3)[nH]2)cc1. The summed E-state index contributed by atoms with van der Waals surface area (Å²) in [6.07, 6.45) is 4.94. The molecule has 0 spiro atoms. The summed E-state index contributed by atoms with van der Waals surface area (Å²) in [5.74, 6) is 1.85. The highest BCUT2D eigenvalue weighted by Gasteiger charge is 2.22. The number of aromatic amines is 1. The zero-order valence-corrected chi connectivity index (χ0v) is 18.8. The van der Waals surface area contributed by atoms with E-state index in [4.69, 9.17) is 9.72 Å². The molecule has 5 rings (SSSR count). The quantitative estimate of drug-likeness (QED) is 0.446. The van der Waals surface area contributed by atoms with Gasteiger partial charge in [0.25, 0.3) is 0 Å². The number of hydrogen-bond donors (Lipinski definition) is 1. The van der Waals surface area contributed by atoms with Gasteiger partial charge in [-0.25, -0.2) is 4.98 Å². The van der Waals surface area contributed by atoms with Crippen molar-refractivity contribution in [2.24, 2.45) is 0 Å². The van der Waals surface area contributed by atoms with E-state index in [9.17, 15) is 4.79 Å². The Bertz CT molecular complexity index is 1280. The summed E-state index contributed by atoms with van der Waals surface area (Å²) in [4.78, 5) is 26.8. The van der Waals surface area contributed by atoms with Crippen LogP contribution in [0.2, 0.25) is 0 Å². The van der Waals surface area contributed by atoms with Gasteiger partial charge in [-0.3, -0.25) is 9.78 Å². The van der Waals surface area contributed by atoms with Crippen LogP contribution in [0.5, 0.6) is 5.75 Å². The van der Waals surface area contributed by atoms with Gasteiger partial charge in [-0.05, 0) is 68.5 Å². The number of imidazole rings is 1. The van der Waals surface area contributed by atoms with Crippen molar-refractivity contribution in [1.29, 1.82) is 0 Å². The molecule has 0 atom stereocenters. The number of likely N-dealkylation sites (N-methyl/N-ethyl adjacent to an activating group) is 1. The number of carbonyl (C=O) groups excluding carboxylic acids is 1. The summed E-state index contributed by atoms with van der Waals surface area (Å²) in [7, 11) is 4.06. The van der Waals surface area contributed by atoms with Gasteiger partial charge >= 0.3 is 0 Å². The number of Topliss-reactive ketones (excluding diaryl/α,β-unsaturated/α-hetero) is 1. The summed E-state index contributed by atoms with van der Waals surface area (Å²) >= 11 is 0. The maximum atomic E-state index is 12.1. The first-order chi connectivity index (χ1) is 16.1. The van der Waals surface area contributed by atoms with Crippen molar-refractivity contribution in [3.8, 4) is 39.7 Å². The lowest BCUT2D eigenvalue weighted by atomic mass is 10.0. The number of benzene rings is 2. The molecule has 0 fully saturated rings. The van der Waals surface area contributed by atoms with Gasteiger partial charge in [-0.1, -0.05) is 12.1 Å². The fourth-order valence-corrected chi connectivity index (χ4v) is 4.10. The Morgan fingerprint density at radius 1 is 0.939 bits per heavy atom. The molecular formula is C27H26N4O2. The summed E-state index contributed by atoms with van der Waals surface area (Å²) in [5.41, 5.74) is 6.73. The van der Waals surface area contributed by atoms with Crippen LogP contribution in [0, 0.1) is 0 Å². The van der Waals surface area contributed by atoms with Gasteiger partial charge in [0.2, 0.25) is 0 Å². The topological polar surface area (TPSA) is 71.1 Å². The second kappa shape index (κ2) is 9.00. The molecule has 0 unspecified atom stereocenters. The molecule has 6 heteroatoms. The number of ketones is 1. The monoisotopic (exact) mass is 438 g/mol. The van der Waals surface area contributed by atoms with E-state index in [0.29, 0.717) is 13.0 Å². The Labute approximate surface area is 193 Å². The number of fused-ring (bicyclic) bond motifs is 1. The lowest BCUT2D eigenvalue weighted by Gasteiger charge is -2.11. The fourth-order valence-electron chi connectivity index (χ4n) is 4.10. The van der Waals surface area contributed by atoms with Gasteiger partial charge in [-0.15, -0.1) is 0 Å². The van der Waals surface area contributed by atoms with E-state index in [2.05, 4.69) is 20.9 Å². The van der Waals surface area contributed by atoms with Crippen LogP contribution in [0.3, 0.4) is 0 Å². The van der Waals surface area contributed by atoms with Crippen LogP contribution in [0.25, 0.3) is 33.9 Å². The first kappa shape index (κ1) is 21.1. The van der Waals surface area contributed by atoms with Gasteiger partial charge in [0, 0.05) is 47.6 Å². The van der Waals surface area contributed by atoms with Crippen LogP contribution in [-0.4, -0.2) is 52.9 Å². The van der Waals surface area contributed by atoms with Gasteiger partial charge in [0.15, 0.2) is 5.78 Å². The van der Waals surface area contributed by atoms with Crippen molar-refractivity contribution in [1.82, 2.24) is 19.9 Å². The zero-order chi connectivity index (χ0) is 22.8. The molecule has 2 aromatic heterocycles. The number of nitrogens with one attached hydrogen (secondary N) is 1. The average Bonchev–Trinajstić information content (AvgIpc) is 3.44. The molecule has 1 aliphatic carbocycles. The first-order valence-electron chi connectivity index (χ1n) is 11.1. The average molecular weight is 439 g/mol. The van der Waals surface area contributed by atoms with E-state index in [0.717, 1.165) is 63.7 Å². The number of nitrogens with zero attached hydrogens (tertiary/aromatic N) is 3. The number of aromatic nitrogens is 3. The minimum absolute atomic E-state index is 0.224. The molecule has 1 N–H and O–H groups in total. The number of aryl methyl sites for hydroxylation is 1. The molecule has 33 heavy (non-hydrogen) atoms. The number of pyridine rings is 1. The van der Waals surface area contributed by atoms with Crippen LogP contribution in [0.1, 0.15) is 22.3 Å². The van der Waals surface area contributed by atoms with Crippen molar-refractivity contribution < 1.29 is 9.53 Å². The summed E-state index contributed by atoms with van der Waals surface area (Å²) in [6, 6.07) is 18.0. The molecule has 0 aliphatic heterocycles.